The fourth-order valence-electron chi connectivity index (χ4n) is 3.11. The first-order chi connectivity index (χ1) is 10.8. The fourth-order valence-corrected chi connectivity index (χ4v) is 3.11. The van der Waals surface area contributed by atoms with E-state index in [0.717, 1.165) is 32.2 Å². The number of aromatic nitrogens is 1. The number of pyridine rings is 1. The Kier molecular flexibility index (Phi) is 4.37. The zero-order chi connectivity index (χ0) is 15.4. The normalized spacial score (nSPS) is 18.2. The molecule has 1 atom stereocenters. The summed E-state index contributed by atoms with van der Waals surface area (Å²) in [5, 5.41) is 11.8. The number of amides is 1. The third-order valence-corrected chi connectivity index (χ3v) is 4.25. The second-order valence-electron chi connectivity index (χ2n) is 5.75. The van der Waals surface area contributed by atoms with Gasteiger partial charge in [-0.15, -0.1) is 0 Å². The summed E-state index contributed by atoms with van der Waals surface area (Å²) in [4.78, 5) is 14.6. The highest BCUT2D eigenvalue weighted by atomic mass is 16.5. The largest absolute Gasteiger partial charge is 0.618 e. The Morgan fingerprint density at radius 1 is 1.14 bits per heavy atom. The molecule has 1 aromatic heterocycles. The van der Waals surface area contributed by atoms with Gasteiger partial charge in [0.2, 0.25) is 0 Å². The maximum atomic E-state index is 12.7. The molecule has 114 valence electrons. The number of carbonyl (C=O) groups excluding carboxylic acids is 1. The van der Waals surface area contributed by atoms with Crippen LogP contribution in [0.2, 0.25) is 0 Å². The average molecular weight is 296 g/mol. The van der Waals surface area contributed by atoms with Crippen LogP contribution >= 0.6 is 0 Å². The summed E-state index contributed by atoms with van der Waals surface area (Å²) in [6.45, 7) is 0.727. The highest BCUT2D eigenvalue weighted by Crippen LogP contribution is 2.22. The highest BCUT2D eigenvalue weighted by Gasteiger charge is 2.31. The quantitative estimate of drug-likeness (QED) is 0.645. The van der Waals surface area contributed by atoms with Crippen molar-refractivity contribution in [1.29, 1.82) is 0 Å². The van der Waals surface area contributed by atoms with Gasteiger partial charge < -0.3 is 10.1 Å². The summed E-state index contributed by atoms with van der Waals surface area (Å²) >= 11 is 0. The molecule has 3 rings (SSSR count). The first-order valence-corrected chi connectivity index (χ1v) is 7.79. The Hall–Kier alpha value is -2.36. The summed E-state index contributed by atoms with van der Waals surface area (Å²) in [5.74, 6) is -0.156. The molecule has 4 heteroatoms. The second kappa shape index (κ2) is 6.60. The molecular weight excluding hydrogens is 276 g/mol. The van der Waals surface area contributed by atoms with Gasteiger partial charge in [0.1, 0.15) is 0 Å². The van der Waals surface area contributed by atoms with E-state index in [1.165, 1.54) is 11.8 Å². The molecule has 1 fully saturated rings. The molecule has 1 amide bonds. The second-order valence-corrected chi connectivity index (χ2v) is 5.75. The smallest absolute Gasteiger partial charge is 0.320 e. The standard InChI is InChI=1S/C18H20N2O2/c21-18(17-11-5-7-13-20(17)22)19-12-6-4-10-16(19)14-15-8-2-1-3-9-15/h1-3,5,7-9,11,13,16H,4,6,10,12,14H2/t16-/m1/s1. The summed E-state index contributed by atoms with van der Waals surface area (Å²) < 4.78 is 0.663. The number of nitrogens with zero attached hydrogens (tertiary/aromatic N) is 2. The topological polar surface area (TPSA) is 47.2 Å². The van der Waals surface area contributed by atoms with E-state index in [2.05, 4.69) is 12.1 Å². The monoisotopic (exact) mass is 296 g/mol. The van der Waals surface area contributed by atoms with Crippen LogP contribution in [0.3, 0.4) is 0 Å². The van der Waals surface area contributed by atoms with Crippen LogP contribution in [-0.4, -0.2) is 23.4 Å². The maximum Gasteiger partial charge on any atom is 0.320 e. The van der Waals surface area contributed by atoms with Crippen LogP contribution in [0.25, 0.3) is 0 Å². The van der Waals surface area contributed by atoms with Crippen LogP contribution in [0, 0.1) is 5.21 Å². The molecule has 4 nitrogen and oxygen atoms in total. The summed E-state index contributed by atoms with van der Waals surface area (Å²) in [5.41, 5.74) is 1.44. The van der Waals surface area contributed by atoms with Gasteiger partial charge in [0.25, 0.3) is 5.69 Å². The minimum atomic E-state index is -0.156. The van der Waals surface area contributed by atoms with Crippen LogP contribution in [0.5, 0.6) is 0 Å². The van der Waals surface area contributed by atoms with E-state index in [9.17, 15) is 10.0 Å². The van der Waals surface area contributed by atoms with Gasteiger partial charge in [-0.2, -0.15) is 4.73 Å². The molecule has 2 heterocycles. The molecular formula is C18H20N2O2. The highest BCUT2D eigenvalue weighted by molar-refractivity contribution is 5.91. The molecule has 0 radical (unpaired) electrons. The van der Waals surface area contributed by atoms with E-state index in [1.807, 2.05) is 23.1 Å². The molecule has 0 bridgehead atoms. The van der Waals surface area contributed by atoms with E-state index in [4.69, 9.17) is 0 Å². The number of rotatable bonds is 3. The molecule has 0 saturated carbocycles. The lowest BCUT2D eigenvalue weighted by Gasteiger charge is -2.35. The lowest BCUT2D eigenvalue weighted by Crippen LogP contribution is -2.48. The third-order valence-electron chi connectivity index (χ3n) is 4.25. The van der Waals surface area contributed by atoms with Gasteiger partial charge in [0.05, 0.1) is 0 Å². The van der Waals surface area contributed by atoms with Crippen LogP contribution in [0.1, 0.15) is 35.3 Å². The Morgan fingerprint density at radius 3 is 2.68 bits per heavy atom. The maximum absolute atomic E-state index is 12.7. The van der Waals surface area contributed by atoms with E-state index in [0.29, 0.717) is 4.73 Å². The molecule has 2 aromatic rings. The first kappa shape index (κ1) is 14.6. The van der Waals surface area contributed by atoms with Crippen molar-refractivity contribution in [2.75, 3.05) is 6.54 Å². The van der Waals surface area contributed by atoms with Crippen LogP contribution in [-0.2, 0) is 6.42 Å². The van der Waals surface area contributed by atoms with Gasteiger partial charge in [-0.05, 0) is 37.3 Å². The lowest BCUT2D eigenvalue weighted by molar-refractivity contribution is -0.608. The number of benzene rings is 1. The average Bonchev–Trinajstić information content (AvgIpc) is 2.56. The molecule has 0 aliphatic carbocycles. The van der Waals surface area contributed by atoms with E-state index < -0.39 is 0 Å². The van der Waals surface area contributed by atoms with Crippen molar-refractivity contribution in [2.24, 2.45) is 0 Å². The van der Waals surface area contributed by atoms with Gasteiger partial charge >= 0.3 is 5.91 Å². The first-order valence-electron chi connectivity index (χ1n) is 7.79. The Morgan fingerprint density at radius 2 is 1.91 bits per heavy atom. The van der Waals surface area contributed by atoms with Crippen LogP contribution in [0.15, 0.2) is 54.7 Å². The van der Waals surface area contributed by atoms with Crippen molar-refractivity contribution in [3.63, 3.8) is 0 Å². The molecule has 0 N–H and O–H groups in total. The van der Waals surface area contributed by atoms with E-state index >= 15 is 0 Å². The number of hydrogen-bond donors (Lipinski definition) is 0. The third kappa shape index (κ3) is 3.11. The molecule has 1 aromatic carbocycles. The fraction of sp³-hybridized carbons (Fsp3) is 0.333. The van der Waals surface area contributed by atoms with Crippen molar-refractivity contribution in [2.45, 2.75) is 31.7 Å². The molecule has 1 saturated heterocycles. The predicted octanol–water partition coefficient (Wildman–Crippen LogP) is 2.56. The summed E-state index contributed by atoms with van der Waals surface area (Å²) in [6, 6.07) is 15.4. The Labute approximate surface area is 130 Å². The van der Waals surface area contributed by atoms with Gasteiger partial charge in [0.15, 0.2) is 6.20 Å². The molecule has 0 unspecified atom stereocenters. The number of likely N-dealkylation sites (tertiary alicyclic amines) is 1. The van der Waals surface area contributed by atoms with Crippen molar-refractivity contribution in [3.8, 4) is 0 Å². The molecule has 22 heavy (non-hydrogen) atoms. The SMILES string of the molecule is O=C(c1cccc[n+]1[O-])N1CCCC[C@@H]1Cc1ccccc1. The van der Waals surface area contributed by atoms with Crippen molar-refractivity contribution < 1.29 is 9.52 Å². The Balaban J connectivity index is 1.80. The van der Waals surface area contributed by atoms with Gasteiger partial charge in [-0.1, -0.05) is 30.3 Å². The van der Waals surface area contributed by atoms with Crippen molar-refractivity contribution in [1.82, 2.24) is 4.90 Å². The van der Waals surface area contributed by atoms with Crippen molar-refractivity contribution >= 4 is 5.91 Å². The van der Waals surface area contributed by atoms with E-state index in [-0.39, 0.29) is 17.6 Å². The number of hydrogen-bond acceptors (Lipinski definition) is 2. The van der Waals surface area contributed by atoms with Crippen LogP contribution < -0.4 is 4.73 Å². The predicted molar refractivity (Wildman–Crippen MR) is 84.2 cm³/mol. The van der Waals surface area contributed by atoms with Crippen molar-refractivity contribution in [3.05, 3.63) is 71.2 Å². The van der Waals surface area contributed by atoms with Crippen LogP contribution in [0.4, 0.5) is 0 Å². The van der Waals surface area contributed by atoms with Gasteiger partial charge in [0, 0.05) is 24.7 Å². The summed E-state index contributed by atoms with van der Waals surface area (Å²) in [6.07, 6.45) is 5.35. The molecule has 0 spiro atoms. The van der Waals surface area contributed by atoms with E-state index in [1.54, 1.807) is 18.2 Å². The zero-order valence-electron chi connectivity index (χ0n) is 12.5. The Bertz CT molecular complexity index is 643. The number of carbonyl (C=O) groups is 1. The minimum Gasteiger partial charge on any atom is -0.618 e. The summed E-state index contributed by atoms with van der Waals surface area (Å²) in [7, 11) is 0. The van der Waals surface area contributed by atoms with Gasteiger partial charge in [-0.25, -0.2) is 0 Å². The number of piperidine rings is 1. The van der Waals surface area contributed by atoms with Gasteiger partial charge in [-0.3, -0.25) is 4.79 Å². The minimum absolute atomic E-state index is 0.156. The lowest BCUT2D eigenvalue weighted by atomic mass is 9.95. The molecule has 1 aliphatic heterocycles. The zero-order valence-corrected chi connectivity index (χ0v) is 12.5. The molecule has 1 aliphatic rings.